The van der Waals surface area contributed by atoms with Crippen molar-refractivity contribution in [1.82, 2.24) is 15.1 Å². The van der Waals surface area contributed by atoms with E-state index in [0.29, 0.717) is 17.4 Å². The van der Waals surface area contributed by atoms with Crippen LogP contribution in [0.4, 0.5) is 0 Å². The first-order valence-corrected chi connectivity index (χ1v) is 6.63. The molecule has 17 heavy (non-hydrogen) atoms. The van der Waals surface area contributed by atoms with Crippen LogP contribution in [0.1, 0.15) is 49.6 Å². The monoisotopic (exact) mass is 235 g/mol. The molecule has 3 heteroatoms. The molecule has 0 saturated heterocycles. The van der Waals surface area contributed by atoms with Gasteiger partial charge in [-0.15, -0.1) is 0 Å². The van der Waals surface area contributed by atoms with Crippen LogP contribution >= 0.6 is 0 Å². The van der Waals surface area contributed by atoms with Gasteiger partial charge < -0.3 is 5.32 Å². The third kappa shape index (κ3) is 1.63. The molecule has 1 fully saturated rings. The van der Waals surface area contributed by atoms with E-state index in [-0.39, 0.29) is 0 Å². The Bertz CT molecular complexity index is 421. The van der Waals surface area contributed by atoms with Crippen molar-refractivity contribution < 1.29 is 0 Å². The van der Waals surface area contributed by atoms with E-state index in [1.165, 1.54) is 29.8 Å². The van der Waals surface area contributed by atoms with Crippen molar-refractivity contribution in [2.45, 2.75) is 52.5 Å². The second-order valence-electron chi connectivity index (χ2n) is 5.70. The summed E-state index contributed by atoms with van der Waals surface area (Å²) < 4.78 is 2.02. The van der Waals surface area contributed by atoms with Gasteiger partial charge in [-0.3, -0.25) is 4.68 Å². The van der Waals surface area contributed by atoms with Crippen LogP contribution < -0.4 is 5.32 Å². The molecule has 1 N–H and O–H groups in total. The zero-order valence-electron chi connectivity index (χ0n) is 12.0. The van der Waals surface area contributed by atoms with E-state index in [1.54, 1.807) is 0 Å². The number of rotatable bonds is 3. The van der Waals surface area contributed by atoms with Crippen molar-refractivity contribution in [2.24, 2.45) is 12.5 Å². The minimum Gasteiger partial charge on any atom is -0.316 e. The van der Waals surface area contributed by atoms with Crippen molar-refractivity contribution in [1.29, 1.82) is 0 Å². The molecule has 0 amide bonds. The van der Waals surface area contributed by atoms with E-state index < -0.39 is 0 Å². The Morgan fingerprint density at radius 2 is 2.12 bits per heavy atom. The predicted octanol–water partition coefficient (Wildman–Crippen LogP) is 2.53. The lowest BCUT2D eigenvalue weighted by Gasteiger charge is -2.54. The van der Waals surface area contributed by atoms with Gasteiger partial charge in [-0.05, 0) is 50.6 Å². The second-order valence-corrected chi connectivity index (χ2v) is 5.70. The van der Waals surface area contributed by atoms with Crippen LogP contribution in [0.15, 0.2) is 0 Å². The summed E-state index contributed by atoms with van der Waals surface area (Å²) in [6, 6.07) is 0.650. The highest BCUT2D eigenvalue weighted by molar-refractivity contribution is 5.34. The number of hydrogen-bond donors (Lipinski definition) is 1. The average Bonchev–Trinajstić information content (AvgIpc) is 2.53. The number of aryl methyl sites for hydroxylation is 2. The highest BCUT2D eigenvalue weighted by Crippen LogP contribution is 2.55. The molecule has 1 aromatic heterocycles. The zero-order valence-corrected chi connectivity index (χ0v) is 12.0. The molecule has 0 aromatic carbocycles. The number of nitrogens with zero attached hydrogens (tertiary/aromatic N) is 2. The molecular weight excluding hydrogens is 210 g/mol. The Hall–Kier alpha value is -0.830. The molecule has 1 aliphatic rings. The normalized spacial score (nSPS) is 32.6. The van der Waals surface area contributed by atoms with Gasteiger partial charge >= 0.3 is 0 Å². The van der Waals surface area contributed by atoms with E-state index in [9.17, 15) is 0 Å². The van der Waals surface area contributed by atoms with Crippen LogP contribution in [0.5, 0.6) is 0 Å². The van der Waals surface area contributed by atoms with Gasteiger partial charge in [0, 0.05) is 18.8 Å². The first-order valence-electron chi connectivity index (χ1n) is 6.63. The van der Waals surface area contributed by atoms with Crippen molar-refractivity contribution >= 4 is 0 Å². The Kier molecular flexibility index (Phi) is 3.06. The van der Waals surface area contributed by atoms with Gasteiger partial charge in [0.25, 0.3) is 0 Å². The van der Waals surface area contributed by atoms with Gasteiger partial charge in [-0.25, -0.2) is 0 Å². The lowest BCUT2D eigenvalue weighted by molar-refractivity contribution is 0.0487. The predicted molar refractivity (Wildman–Crippen MR) is 71.3 cm³/mol. The maximum Gasteiger partial charge on any atom is 0.0631 e. The minimum atomic E-state index is 0.382. The molecule has 1 heterocycles. The molecule has 0 radical (unpaired) electrons. The van der Waals surface area contributed by atoms with Gasteiger partial charge in [0.05, 0.1) is 5.69 Å². The molecule has 1 saturated carbocycles. The van der Waals surface area contributed by atoms with Crippen molar-refractivity contribution in [3.05, 3.63) is 17.0 Å². The van der Waals surface area contributed by atoms with Crippen LogP contribution in [0.3, 0.4) is 0 Å². The molecule has 96 valence electrons. The van der Waals surface area contributed by atoms with E-state index >= 15 is 0 Å². The van der Waals surface area contributed by atoms with Gasteiger partial charge in [0.2, 0.25) is 0 Å². The number of aromatic nitrogens is 2. The average molecular weight is 235 g/mol. The molecule has 3 nitrogen and oxygen atoms in total. The van der Waals surface area contributed by atoms with Crippen LogP contribution in [0.25, 0.3) is 0 Å². The number of nitrogens with one attached hydrogen (secondary N) is 1. The third-order valence-electron chi connectivity index (χ3n) is 5.09. The maximum atomic E-state index is 4.56. The fraction of sp³-hybridized carbons (Fsp3) is 0.786. The van der Waals surface area contributed by atoms with Gasteiger partial charge in [-0.1, -0.05) is 13.8 Å². The minimum absolute atomic E-state index is 0.382. The highest BCUT2D eigenvalue weighted by Gasteiger charge is 2.51. The largest absolute Gasteiger partial charge is 0.316 e. The molecule has 2 rings (SSSR count). The lowest BCUT2D eigenvalue weighted by atomic mass is 9.54. The first-order chi connectivity index (χ1) is 7.95. The summed E-state index contributed by atoms with van der Waals surface area (Å²) in [6.07, 6.45) is 2.46. The molecule has 0 spiro atoms. The summed E-state index contributed by atoms with van der Waals surface area (Å²) in [7, 11) is 4.13. The summed E-state index contributed by atoms with van der Waals surface area (Å²) in [5.74, 6) is 0.665. The van der Waals surface area contributed by atoms with Gasteiger partial charge in [0.1, 0.15) is 0 Å². The van der Waals surface area contributed by atoms with Crippen molar-refractivity contribution in [2.75, 3.05) is 7.05 Å². The Labute approximate surface area is 105 Å². The smallest absolute Gasteiger partial charge is 0.0631 e. The SMILES string of the molecule is CCC1(C)C(NC)CC1c1c(C)nn(C)c1C. The topological polar surface area (TPSA) is 29.9 Å². The molecule has 0 aliphatic heterocycles. The van der Waals surface area contributed by atoms with Gasteiger partial charge in [-0.2, -0.15) is 5.10 Å². The Balaban J connectivity index is 2.36. The van der Waals surface area contributed by atoms with Crippen LogP contribution in [-0.4, -0.2) is 22.9 Å². The molecule has 3 unspecified atom stereocenters. The fourth-order valence-corrected chi connectivity index (χ4v) is 3.54. The highest BCUT2D eigenvalue weighted by atomic mass is 15.3. The quantitative estimate of drug-likeness (QED) is 0.872. The molecule has 1 aromatic rings. The van der Waals surface area contributed by atoms with Crippen LogP contribution in [0.2, 0.25) is 0 Å². The second kappa shape index (κ2) is 4.13. The van der Waals surface area contributed by atoms with E-state index in [0.717, 1.165) is 0 Å². The zero-order chi connectivity index (χ0) is 12.8. The molecule has 1 aliphatic carbocycles. The van der Waals surface area contributed by atoms with Gasteiger partial charge in [0.15, 0.2) is 0 Å². The molecule has 3 atom stereocenters. The number of hydrogen-bond acceptors (Lipinski definition) is 2. The summed E-state index contributed by atoms with van der Waals surface area (Å²) in [5, 5.41) is 8.02. The summed E-state index contributed by atoms with van der Waals surface area (Å²) in [5.41, 5.74) is 4.42. The Morgan fingerprint density at radius 3 is 2.53 bits per heavy atom. The van der Waals surface area contributed by atoms with E-state index in [4.69, 9.17) is 0 Å². The third-order valence-corrected chi connectivity index (χ3v) is 5.09. The molecule has 0 bridgehead atoms. The van der Waals surface area contributed by atoms with E-state index in [2.05, 4.69) is 45.2 Å². The van der Waals surface area contributed by atoms with Crippen LogP contribution in [-0.2, 0) is 7.05 Å². The Morgan fingerprint density at radius 1 is 1.47 bits per heavy atom. The summed E-state index contributed by atoms with van der Waals surface area (Å²) in [6.45, 7) is 9.05. The van der Waals surface area contributed by atoms with Crippen molar-refractivity contribution in [3.8, 4) is 0 Å². The van der Waals surface area contributed by atoms with Crippen LogP contribution in [0, 0.1) is 19.3 Å². The lowest BCUT2D eigenvalue weighted by Crippen LogP contribution is -2.55. The summed E-state index contributed by atoms with van der Waals surface area (Å²) >= 11 is 0. The fourth-order valence-electron chi connectivity index (χ4n) is 3.54. The first kappa shape index (κ1) is 12.6. The maximum absolute atomic E-state index is 4.56. The van der Waals surface area contributed by atoms with Crippen molar-refractivity contribution in [3.63, 3.8) is 0 Å². The standard InChI is InChI=1S/C14H25N3/c1-7-14(4)11(8-12(14)15-5)13-9(2)16-17(6)10(13)3/h11-12,15H,7-8H2,1-6H3. The summed E-state index contributed by atoms with van der Waals surface area (Å²) in [4.78, 5) is 0. The molecular formula is C14H25N3. The van der Waals surface area contributed by atoms with E-state index in [1.807, 2.05) is 11.7 Å².